The second kappa shape index (κ2) is 6.20. The van der Waals surface area contributed by atoms with Gasteiger partial charge in [0.1, 0.15) is 0 Å². The molecule has 102 valence electrons. The number of halogens is 3. The summed E-state index contributed by atoms with van der Waals surface area (Å²) in [7, 11) is 1.88. The van der Waals surface area contributed by atoms with Crippen molar-refractivity contribution in [3.05, 3.63) is 35.4 Å². The Morgan fingerprint density at radius 1 is 1.33 bits per heavy atom. The van der Waals surface area contributed by atoms with Crippen molar-refractivity contribution in [1.82, 2.24) is 4.90 Å². The molecule has 0 amide bonds. The molecule has 1 aromatic carbocycles. The number of benzene rings is 1. The molecule has 0 spiro atoms. The van der Waals surface area contributed by atoms with E-state index in [1.54, 1.807) is 6.07 Å². The van der Waals surface area contributed by atoms with Gasteiger partial charge in [-0.05, 0) is 38.6 Å². The summed E-state index contributed by atoms with van der Waals surface area (Å²) >= 11 is 0. The monoisotopic (exact) mass is 260 g/mol. The standard InChI is InChI=1S/C13H19F3N2/c1-10(17)6-7-18(2)9-11-4-3-5-12(8-11)13(14,15)16/h3-5,8,10H,6-7,9,17H2,1-2H3. The third-order valence-electron chi connectivity index (χ3n) is 2.67. The van der Waals surface area contributed by atoms with Crippen LogP contribution in [-0.4, -0.2) is 24.5 Å². The highest BCUT2D eigenvalue weighted by molar-refractivity contribution is 5.25. The van der Waals surface area contributed by atoms with Crippen LogP contribution in [0.4, 0.5) is 13.2 Å². The molecular weight excluding hydrogens is 241 g/mol. The number of alkyl halides is 3. The van der Waals surface area contributed by atoms with E-state index in [2.05, 4.69) is 0 Å². The average Bonchev–Trinajstić information content (AvgIpc) is 2.25. The maximum atomic E-state index is 12.5. The Morgan fingerprint density at radius 3 is 2.56 bits per heavy atom. The lowest BCUT2D eigenvalue weighted by Gasteiger charge is -2.18. The fourth-order valence-electron chi connectivity index (χ4n) is 1.66. The topological polar surface area (TPSA) is 29.3 Å². The van der Waals surface area contributed by atoms with E-state index in [-0.39, 0.29) is 6.04 Å². The molecule has 1 rings (SSSR count). The molecule has 0 fully saturated rings. The Kier molecular flexibility index (Phi) is 5.16. The summed E-state index contributed by atoms with van der Waals surface area (Å²) in [4.78, 5) is 1.97. The van der Waals surface area contributed by atoms with Crippen molar-refractivity contribution >= 4 is 0 Å². The molecule has 0 aliphatic rings. The first-order valence-corrected chi connectivity index (χ1v) is 5.89. The average molecular weight is 260 g/mol. The minimum absolute atomic E-state index is 0.106. The minimum Gasteiger partial charge on any atom is -0.328 e. The largest absolute Gasteiger partial charge is 0.416 e. The molecule has 1 aromatic rings. The van der Waals surface area contributed by atoms with Gasteiger partial charge in [0.15, 0.2) is 0 Å². The number of nitrogens with zero attached hydrogens (tertiary/aromatic N) is 1. The van der Waals surface area contributed by atoms with Gasteiger partial charge in [0.05, 0.1) is 5.56 Å². The highest BCUT2D eigenvalue weighted by Crippen LogP contribution is 2.29. The van der Waals surface area contributed by atoms with Crippen molar-refractivity contribution < 1.29 is 13.2 Å². The zero-order valence-electron chi connectivity index (χ0n) is 10.7. The molecule has 1 unspecified atom stereocenters. The highest BCUT2D eigenvalue weighted by atomic mass is 19.4. The zero-order chi connectivity index (χ0) is 13.8. The molecule has 1 atom stereocenters. The fourth-order valence-corrected chi connectivity index (χ4v) is 1.66. The van der Waals surface area contributed by atoms with Gasteiger partial charge in [-0.1, -0.05) is 18.2 Å². The van der Waals surface area contributed by atoms with Gasteiger partial charge in [-0.2, -0.15) is 13.2 Å². The summed E-state index contributed by atoms with van der Waals surface area (Å²) < 4.78 is 37.6. The van der Waals surface area contributed by atoms with Gasteiger partial charge in [-0.25, -0.2) is 0 Å². The predicted molar refractivity (Wildman–Crippen MR) is 66.0 cm³/mol. The molecule has 18 heavy (non-hydrogen) atoms. The minimum atomic E-state index is -4.28. The molecule has 0 aromatic heterocycles. The Labute approximate surface area is 106 Å². The summed E-state index contributed by atoms with van der Waals surface area (Å²) in [6, 6.07) is 5.54. The van der Waals surface area contributed by atoms with Crippen LogP contribution in [-0.2, 0) is 12.7 Å². The maximum absolute atomic E-state index is 12.5. The predicted octanol–water partition coefficient (Wildman–Crippen LogP) is 2.87. The fraction of sp³-hybridized carbons (Fsp3) is 0.538. The molecule has 2 N–H and O–H groups in total. The molecule has 5 heteroatoms. The van der Waals surface area contributed by atoms with Crippen molar-refractivity contribution in [1.29, 1.82) is 0 Å². The van der Waals surface area contributed by atoms with E-state index in [9.17, 15) is 13.2 Å². The van der Waals surface area contributed by atoms with E-state index in [4.69, 9.17) is 5.73 Å². The van der Waals surface area contributed by atoms with Crippen LogP contribution in [0.5, 0.6) is 0 Å². The van der Waals surface area contributed by atoms with Crippen molar-refractivity contribution in [2.45, 2.75) is 32.1 Å². The maximum Gasteiger partial charge on any atom is 0.416 e. The lowest BCUT2D eigenvalue weighted by atomic mass is 10.1. The number of rotatable bonds is 5. The molecule has 0 bridgehead atoms. The molecular formula is C13H19F3N2. The quantitative estimate of drug-likeness (QED) is 0.882. The van der Waals surface area contributed by atoms with Crippen LogP contribution in [0.15, 0.2) is 24.3 Å². The van der Waals surface area contributed by atoms with Crippen molar-refractivity contribution in [3.8, 4) is 0 Å². The van der Waals surface area contributed by atoms with Gasteiger partial charge in [-0.3, -0.25) is 0 Å². The third-order valence-corrected chi connectivity index (χ3v) is 2.67. The summed E-state index contributed by atoms with van der Waals surface area (Å²) in [5.41, 5.74) is 5.71. The summed E-state index contributed by atoms with van der Waals surface area (Å²) in [6.07, 6.45) is -3.45. The van der Waals surface area contributed by atoms with E-state index < -0.39 is 11.7 Å². The lowest BCUT2D eigenvalue weighted by molar-refractivity contribution is -0.137. The van der Waals surface area contributed by atoms with Gasteiger partial charge >= 0.3 is 6.18 Å². The van der Waals surface area contributed by atoms with Crippen LogP contribution in [0.2, 0.25) is 0 Å². The Hall–Kier alpha value is -1.07. The molecule has 0 aliphatic carbocycles. The Balaban J connectivity index is 2.62. The van der Waals surface area contributed by atoms with Crippen LogP contribution >= 0.6 is 0 Å². The van der Waals surface area contributed by atoms with Crippen LogP contribution in [0.3, 0.4) is 0 Å². The summed E-state index contributed by atoms with van der Waals surface area (Å²) in [5.74, 6) is 0. The van der Waals surface area contributed by atoms with Crippen molar-refractivity contribution in [2.24, 2.45) is 5.73 Å². The Bertz CT molecular complexity index is 375. The first-order valence-electron chi connectivity index (χ1n) is 5.89. The number of hydrogen-bond donors (Lipinski definition) is 1. The second-order valence-electron chi connectivity index (χ2n) is 4.70. The summed E-state index contributed by atoms with van der Waals surface area (Å²) in [5, 5.41) is 0. The first-order chi connectivity index (χ1) is 8.29. The number of nitrogens with two attached hydrogens (primary N) is 1. The van der Waals surface area contributed by atoms with Gasteiger partial charge < -0.3 is 10.6 Å². The van der Waals surface area contributed by atoms with Crippen LogP contribution in [0, 0.1) is 0 Å². The molecule has 0 radical (unpaired) electrons. The SMILES string of the molecule is CC(N)CCN(C)Cc1cccc(C(F)(F)F)c1. The van der Waals surface area contributed by atoms with Gasteiger partial charge in [0.2, 0.25) is 0 Å². The van der Waals surface area contributed by atoms with E-state index in [1.165, 1.54) is 12.1 Å². The second-order valence-corrected chi connectivity index (χ2v) is 4.70. The van der Waals surface area contributed by atoms with Crippen molar-refractivity contribution in [2.75, 3.05) is 13.6 Å². The van der Waals surface area contributed by atoms with Crippen molar-refractivity contribution in [3.63, 3.8) is 0 Å². The van der Waals surface area contributed by atoms with E-state index in [0.717, 1.165) is 19.0 Å². The van der Waals surface area contributed by atoms with Crippen LogP contribution in [0.1, 0.15) is 24.5 Å². The van der Waals surface area contributed by atoms with E-state index >= 15 is 0 Å². The van der Waals surface area contributed by atoms with Gasteiger partial charge in [-0.15, -0.1) is 0 Å². The zero-order valence-corrected chi connectivity index (χ0v) is 10.7. The van der Waals surface area contributed by atoms with Crippen LogP contribution in [0.25, 0.3) is 0 Å². The van der Waals surface area contributed by atoms with E-state index in [1.807, 2.05) is 18.9 Å². The molecule has 0 saturated heterocycles. The van der Waals surface area contributed by atoms with Gasteiger partial charge in [0, 0.05) is 12.6 Å². The number of hydrogen-bond acceptors (Lipinski definition) is 2. The van der Waals surface area contributed by atoms with Crippen LogP contribution < -0.4 is 5.73 Å². The first kappa shape index (κ1) is 15.0. The van der Waals surface area contributed by atoms with Gasteiger partial charge in [0.25, 0.3) is 0 Å². The third kappa shape index (κ3) is 5.06. The summed E-state index contributed by atoms with van der Waals surface area (Å²) in [6.45, 7) is 3.18. The molecule has 0 aliphatic heterocycles. The Morgan fingerprint density at radius 2 is 2.00 bits per heavy atom. The molecule has 0 saturated carbocycles. The smallest absolute Gasteiger partial charge is 0.328 e. The normalized spacial score (nSPS) is 13.9. The molecule has 2 nitrogen and oxygen atoms in total. The lowest BCUT2D eigenvalue weighted by Crippen LogP contribution is -2.25. The molecule has 0 heterocycles. The van der Waals surface area contributed by atoms with E-state index in [0.29, 0.717) is 12.1 Å². The highest BCUT2D eigenvalue weighted by Gasteiger charge is 2.30.